The molecule has 1 aromatic rings. The van der Waals surface area contributed by atoms with Crippen LogP contribution >= 0.6 is 11.8 Å². The van der Waals surface area contributed by atoms with Gasteiger partial charge in [-0.2, -0.15) is 11.8 Å². The minimum atomic E-state index is 0.385. The van der Waals surface area contributed by atoms with E-state index in [-0.39, 0.29) is 0 Å². The van der Waals surface area contributed by atoms with Crippen LogP contribution < -0.4 is 10.1 Å². The summed E-state index contributed by atoms with van der Waals surface area (Å²) < 4.78 is 5.38. The van der Waals surface area contributed by atoms with Crippen molar-refractivity contribution in [1.29, 1.82) is 0 Å². The predicted octanol–water partition coefficient (Wildman–Crippen LogP) is 3.23. The van der Waals surface area contributed by atoms with Gasteiger partial charge in [0.15, 0.2) is 0 Å². The van der Waals surface area contributed by atoms with Crippen molar-refractivity contribution in [3.8, 4) is 5.75 Å². The Hall–Kier alpha value is -0.670. The topological polar surface area (TPSA) is 21.3 Å². The molecule has 1 rings (SSSR count). The fraction of sp³-hybridized carbons (Fsp3) is 0.538. The van der Waals surface area contributed by atoms with Crippen LogP contribution in [-0.4, -0.2) is 19.9 Å². The Labute approximate surface area is 103 Å². The molecule has 1 aromatic carbocycles. The Balaban J connectivity index is 2.91. The minimum absolute atomic E-state index is 0.385. The summed E-state index contributed by atoms with van der Waals surface area (Å²) in [4.78, 5) is 0. The van der Waals surface area contributed by atoms with E-state index < -0.39 is 0 Å². The molecule has 0 radical (unpaired) electrons. The van der Waals surface area contributed by atoms with E-state index >= 15 is 0 Å². The highest BCUT2D eigenvalue weighted by Crippen LogP contribution is 2.26. The van der Waals surface area contributed by atoms with E-state index in [1.165, 1.54) is 11.1 Å². The zero-order valence-electron chi connectivity index (χ0n) is 10.5. The van der Waals surface area contributed by atoms with E-state index in [9.17, 15) is 0 Å². The molecule has 0 aromatic heterocycles. The molecular formula is C13H21NOS. The molecule has 16 heavy (non-hydrogen) atoms. The summed E-state index contributed by atoms with van der Waals surface area (Å²) >= 11 is 1.92. The third kappa shape index (κ3) is 3.42. The van der Waals surface area contributed by atoms with Gasteiger partial charge in [0.1, 0.15) is 5.75 Å². The molecule has 1 unspecified atom stereocenters. The molecule has 3 heteroatoms. The highest BCUT2D eigenvalue weighted by molar-refractivity contribution is 7.98. The first kappa shape index (κ1) is 13.4. The van der Waals surface area contributed by atoms with Crippen molar-refractivity contribution in [1.82, 2.24) is 5.32 Å². The van der Waals surface area contributed by atoms with Gasteiger partial charge in [-0.3, -0.25) is 0 Å². The number of ether oxygens (including phenoxy) is 1. The van der Waals surface area contributed by atoms with Gasteiger partial charge in [-0.05, 0) is 37.4 Å². The number of hydrogen-bond donors (Lipinski definition) is 1. The Kier molecular flexibility index (Phi) is 5.71. The smallest absolute Gasteiger partial charge is 0.122 e. The lowest BCUT2D eigenvalue weighted by atomic mass is 10.1. The second-order valence-corrected chi connectivity index (χ2v) is 4.99. The lowest BCUT2D eigenvalue weighted by molar-refractivity contribution is 0.411. The van der Waals surface area contributed by atoms with Gasteiger partial charge in [-0.25, -0.2) is 0 Å². The molecule has 0 heterocycles. The Morgan fingerprint density at radius 2 is 2.19 bits per heavy atom. The number of thioether (sulfide) groups is 1. The van der Waals surface area contributed by atoms with Gasteiger partial charge in [-0.1, -0.05) is 13.0 Å². The van der Waals surface area contributed by atoms with Crippen molar-refractivity contribution in [3.05, 3.63) is 29.3 Å². The molecule has 0 bridgehead atoms. The van der Waals surface area contributed by atoms with E-state index in [2.05, 4.69) is 37.4 Å². The Morgan fingerprint density at radius 1 is 1.44 bits per heavy atom. The fourth-order valence-electron chi connectivity index (χ4n) is 1.56. The zero-order chi connectivity index (χ0) is 12.0. The predicted molar refractivity (Wildman–Crippen MR) is 72.3 cm³/mol. The number of methoxy groups -OCH3 is 1. The van der Waals surface area contributed by atoms with Crippen LogP contribution in [0.5, 0.6) is 5.75 Å². The summed E-state index contributed by atoms with van der Waals surface area (Å²) in [5, 5.41) is 3.25. The number of rotatable bonds is 6. The van der Waals surface area contributed by atoms with E-state index in [4.69, 9.17) is 4.74 Å². The average molecular weight is 239 g/mol. The number of benzene rings is 1. The van der Waals surface area contributed by atoms with Gasteiger partial charge in [0.05, 0.1) is 7.11 Å². The SMILES string of the molecule is CCSCc1cc(C(C)NC)ccc1OC. The van der Waals surface area contributed by atoms with Crippen LogP contribution in [0.1, 0.15) is 31.0 Å². The van der Waals surface area contributed by atoms with Gasteiger partial charge < -0.3 is 10.1 Å². The van der Waals surface area contributed by atoms with Crippen molar-refractivity contribution < 1.29 is 4.74 Å². The van der Waals surface area contributed by atoms with Gasteiger partial charge in [0.2, 0.25) is 0 Å². The van der Waals surface area contributed by atoms with E-state index in [0.717, 1.165) is 17.3 Å². The third-order valence-corrected chi connectivity index (χ3v) is 3.62. The molecule has 0 spiro atoms. The van der Waals surface area contributed by atoms with Crippen molar-refractivity contribution >= 4 is 11.8 Å². The molecule has 0 saturated carbocycles. The summed E-state index contributed by atoms with van der Waals surface area (Å²) in [5.74, 6) is 3.15. The molecule has 0 aliphatic heterocycles. The normalized spacial score (nSPS) is 12.5. The summed E-state index contributed by atoms with van der Waals surface area (Å²) in [7, 11) is 3.71. The molecule has 0 saturated heterocycles. The lowest BCUT2D eigenvalue weighted by Crippen LogP contribution is -2.12. The summed E-state index contributed by atoms with van der Waals surface area (Å²) in [6.45, 7) is 4.34. The molecule has 90 valence electrons. The fourth-order valence-corrected chi connectivity index (χ4v) is 2.21. The van der Waals surface area contributed by atoms with Crippen molar-refractivity contribution in [2.75, 3.05) is 19.9 Å². The van der Waals surface area contributed by atoms with Crippen LogP contribution in [0.2, 0.25) is 0 Å². The maximum absolute atomic E-state index is 5.38. The van der Waals surface area contributed by atoms with Crippen LogP contribution in [-0.2, 0) is 5.75 Å². The number of nitrogens with one attached hydrogen (secondary N) is 1. The van der Waals surface area contributed by atoms with Crippen LogP contribution in [0.3, 0.4) is 0 Å². The van der Waals surface area contributed by atoms with E-state index in [1.807, 2.05) is 18.8 Å². The minimum Gasteiger partial charge on any atom is -0.496 e. The standard InChI is InChI=1S/C13H21NOS/c1-5-16-9-12-8-11(10(2)14-3)6-7-13(12)15-4/h6-8,10,14H,5,9H2,1-4H3. The molecule has 0 fully saturated rings. The van der Waals surface area contributed by atoms with Crippen LogP contribution in [0, 0.1) is 0 Å². The highest BCUT2D eigenvalue weighted by Gasteiger charge is 2.08. The van der Waals surface area contributed by atoms with Crippen molar-refractivity contribution in [3.63, 3.8) is 0 Å². The molecule has 1 N–H and O–H groups in total. The maximum atomic E-state index is 5.38. The zero-order valence-corrected chi connectivity index (χ0v) is 11.4. The lowest BCUT2D eigenvalue weighted by Gasteiger charge is -2.14. The summed E-state index contributed by atoms with van der Waals surface area (Å²) in [6, 6.07) is 6.81. The van der Waals surface area contributed by atoms with Gasteiger partial charge in [-0.15, -0.1) is 0 Å². The molecule has 0 amide bonds. The van der Waals surface area contributed by atoms with E-state index in [1.54, 1.807) is 7.11 Å². The first-order chi connectivity index (χ1) is 7.72. The first-order valence-electron chi connectivity index (χ1n) is 5.64. The first-order valence-corrected chi connectivity index (χ1v) is 6.80. The van der Waals surface area contributed by atoms with Crippen LogP contribution in [0.25, 0.3) is 0 Å². The number of hydrogen-bond acceptors (Lipinski definition) is 3. The molecule has 1 atom stereocenters. The quantitative estimate of drug-likeness (QED) is 0.823. The Bertz CT molecular complexity index is 328. The van der Waals surface area contributed by atoms with Crippen molar-refractivity contribution in [2.45, 2.75) is 25.6 Å². The van der Waals surface area contributed by atoms with Gasteiger partial charge in [0, 0.05) is 17.4 Å². The second kappa shape index (κ2) is 6.81. The molecule has 2 nitrogen and oxygen atoms in total. The summed E-state index contributed by atoms with van der Waals surface area (Å²) in [6.07, 6.45) is 0. The average Bonchev–Trinajstić information content (AvgIpc) is 2.34. The molecular weight excluding hydrogens is 218 g/mol. The van der Waals surface area contributed by atoms with Gasteiger partial charge in [0.25, 0.3) is 0 Å². The summed E-state index contributed by atoms with van der Waals surface area (Å²) in [5.41, 5.74) is 2.60. The second-order valence-electron chi connectivity index (χ2n) is 3.72. The van der Waals surface area contributed by atoms with Crippen molar-refractivity contribution in [2.24, 2.45) is 0 Å². The monoisotopic (exact) mass is 239 g/mol. The third-order valence-electron chi connectivity index (χ3n) is 2.70. The maximum Gasteiger partial charge on any atom is 0.122 e. The van der Waals surface area contributed by atoms with Crippen LogP contribution in [0.15, 0.2) is 18.2 Å². The van der Waals surface area contributed by atoms with Crippen LogP contribution in [0.4, 0.5) is 0 Å². The van der Waals surface area contributed by atoms with Gasteiger partial charge >= 0.3 is 0 Å². The molecule has 0 aliphatic carbocycles. The largest absolute Gasteiger partial charge is 0.496 e. The molecule has 0 aliphatic rings. The highest BCUT2D eigenvalue weighted by atomic mass is 32.2. The Morgan fingerprint density at radius 3 is 2.75 bits per heavy atom. The van der Waals surface area contributed by atoms with E-state index in [0.29, 0.717) is 6.04 Å².